The predicted molar refractivity (Wildman–Crippen MR) is 67.1 cm³/mol. The molecule has 4 nitrogen and oxygen atoms in total. The Morgan fingerprint density at radius 3 is 2.50 bits per heavy atom. The highest BCUT2D eigenvalue weighted by Crippen LogP contribution is 2.30. The van der Waals surface area contributed by atoms with E-state index in [4.69, 9.17) is 10.4 Å². The van der Waals surface area contributed by atoms with Crippen LogP contribution in [0.15, 0.2) is 18.2 Å². The number of benzene rings is 1. The molecule has 0 aromatic heterocycles. The SMILES string of the molecule is C[C@H](O)c1ccc(C#N)cc1N(CCO)CC(F)(F)F. The molecule has 7 heteroatoms. The smallest absolute Gasteiger partial charge is 0.395 e. The third-order valence-corrected chi connectivity index (χ3v) is 2.69. The Bertz CT molecular complexity index is 495. The Labute approximate surface area is 114 Å². The first-order valence-corrected chi connectivity index (χ1v) is 5.93. The molecule has 0 bridgehead atoms. The highest BCUT2D eigenvalue weighted by atomic mass is 19.4. The van der Waals surface area contributed by atoms with Crippen LogP contribution in [0.4, 0.5) is 18.9 Å². The summed E-state index contributed by atoms with van der Waals surface area (Å²) < 4.78 is 37.7. The van der Waals surface area contributed by atoms with Gasteiger partial charge < -0.3 is 15.1 Å². The maximum absolute atomic E-state index is 12.6. The Kier molecular flexibility index (Phi) is 5.36. The molecule has 20 heavy (non-hydrogen) atoms. The van der Waals surface area contributed by atoms with Crippen LogP contribution in [0.3, 0.4) is 0 Å². The van der Waals surface area contributed by atoms with E-state index in [1.807, 2.05) is 6.07 Å². The number of halogens is 3. The molecule has 0 spiro atoms. The van der Waals surface area contributed by atoms with Gasteiger partial charge >= 0.3 is 6.18 Å². The van der Waals surface area contributed by atoms with E-state index in [-0.39, 0.29) is 23.4 Å². The molecule has 2 N–H and O–H groups in total. The van der Waals surface area contributed by atoms with Gasteiger partial charge in [0.05, 0.1) is 24.3 Å². The van der Waals surface area contributed by atoms with Gasteiger partial charge in [-0.1, -0.05) is 6.07 Å². The largest absolute Gasteiger partial charge is 0.405 e. The molecule has 110 valence electrons. The third-order valence-electron chi connectivity index (χ3n) is 2.69. The van der Waals surface area contributed by atoms with E-state index < -0.39 is 25.4 Å². The van der Waals surface area contributed by atoms with Gasteiger partial charge in [0.15, 0.2) is 0 Å². The van der Waals surface area contributed by atoms with Gasteiger partial charge in [-0.3, -0.25) is 0 Å². The van der Waals surface area contributed by atoms with Crippen LogP contribution in [0.1, 0.15) is 24.2 Å². The van der Waals surface area contributed by atoms with Gasteiger partial charge in [-0.15, -0.1) is 0 Å². The summed E-state index contributed by atoms with van der Waals surface area (Å²) in [6.07, 6.45) is -5.43. The standard InChI is InChI=1S/C13H15F3N2O2/c1-9(20)11-3-2-10(7-17)6-12(11)18(4-5-19)8-13(14,15)16/h2-3,6,9,19-20H,4-5,8H2,1H3/t9-/m0/s1. The Morgan fingerprint density at radius 1 is 1.40 bits per heavy atom. The first kappa shape index (κ1) is 16.3. The number of alkyl halides is 3. The number of aliphatic hydroxyl groups is 2. The van der Waals surface area contributed by atoms with Gasteiger partial charge in [0.25, 0.3) is 0 Å². The highest BCUT2D eigenvalue weighted by molar-refractivity contribution is 5.58. The molecule has 0 heterocycles. The fourth-order valence-electron chi connectivity index (χ4n) is 1.86. The zero-order chi connectivity index (χ0) is 15.3. The zero-order valence-electron chi connectivity index (χ0n) is 10.9. The predicted octanol–water partition coefficient (Wildman–Crippen LogP) is 1.97. The molecular formula is C13H15F3N2O2. The molecule has 0 aliphatic rings. The second-order valence-corrected chi connectivity index (χ2v) is 4.32. The summed E-state index contributed by atoms with van der Waals surface area (Å²) >= 11 is 0. The number of nitrogens with zero attached hydrogens (tertiary/aromatic N) is 2. The van der Waals surface area contributed by atoms with E-state index in [1.165, 1.54) is 25.1 Å². The minimum atomic E-state index is -4.45. The van der Waals surface area contributed by atoms with Crippen molar-refractivity contribution in [3.8, 4) is 6.07 Å². The van der Waals surface area contributed by atoms with Crippen LogP contribution < -0.4 is 4.90 Å². The molecule has 1 aromatic rings. The van der Waals surface area contributed by atoms with Gasteiger partial charge in [-0.2, -0.15) is 18.4 Å². The molecule has 0 saturated heterocycles. The van der Waals surface area contributed by atoms with E-state index in [2.05, 4.69) is 0 Å². The van der Waals surface area contributed by atoms with Crippen LogP contribution >= 0.6 is 0 Å². The Balaban J connectivity index is 3.26. The molecular weight excluding hydrogens is 273 g/mol. The van der Waals surface area contributed by atoms with Crippen LogP contribution in [0.5, 0.6) is 0 Å². The van der Waals surface area contributed by atoms with Crippen molar-refractivity contribution in [2.45, 2.75) is 19.2 Å². The molecule has 1 aromatic carbocycles. The summed E-state index contributed by atoms with van der Waals surface area (Å²) in [6.45, 7) is -0.544. The number of nitriles is 1. The normalized spacial score (nSPS) is 12.8. The monoisotopic (exact) mass is 288 g/mol. The van der Waals surface area contributed by atoms with E-state index in [0.717, 1.165) is 4.90 Å². The van der Waals surface area contributed by atoms with Crippen LogP contribution in [0, 0.1) is 11.3 Å². The summed E-state index contributed by atoms with van der Waals surface area (Å²) in [6, 6.07) is 5.97. The molecule has 0 fully saturated rings. The first-order valence-electron chi connectivity index (χ1n) is 5.93. The van der Waals surface area contributed by atoms with Crippen molar-refractivity contribution in [1.82, 2.24) is 0 Å². The van der Waals surface area contributed by atoms with Crippen LogP contribution in [-0.2, 0) is 0 Å². The number of anilines is 1. The summed E-state index contributed by atoms with van der Waals surface area (Å²) in [4.78, 5) is 0.906. The molecule has 0 radical (unpaired) electrons. The van der Waals surface area contributed by atoms with Crippen molar-refractivity contribution in [2.75, 3.05) is 24.6 Å². The van der Waals surface area contributed by atoms with Gasteiger partial charge in [-0.05, 0) is 19.1 Å². The Hall–Kier alpha value is -1.78. The van der Waals surface area contributed by atoms with E-state index in [9.17, 15) is 18.3 Å². The maximum Gasteiger partial charge on any atom is 0.405 e. The molecule has 0 unspecified atom stereocenters. The van der Waals surface area contributed by atoms with Crippen LogP contribution in [-0.4, -0.2) is 36.1 Å². The highest BCUT2D eigenvalue weighted by Gasteiger charge is 2.31. The number of rotatable bonds is 5. The molecule has 0 aliphatic carbocycles. The topological polar surface area (TPSA) is 67.5 Å². The second kappa shape index (κ2) is 6.59. The lowest BCUT2D eigenvalue weighted by molar-refractivity contribution is -0.119. The van der Waals surface area contributed by atoms with Crippen molar-refractivity contribution in [3.05, 3.63) is 29.3 Å². The summed E-state index contributed by atoms with van der Waals surface area (Å²) in [5.41, 5.74) is 0.571. The zero-order valence-corrected chi connectivity index (χ0v) is 10.9. The molecule has 1 atom stereocenters. The average Bonchev–Trinajstić information content (AvgIpc) is 2.35. The lowest BCUT2D eigenvalue weighted by Crippen LogP contribution is -2.37. The van der Waals surface area contributed by atoms with Crippen molar-refractivity contribution in [1.29, 1.82) is 5.26 Å². The van der Waals surface area contributed by atoms with Gasteiger partial charge in [0, 0.05) is 17.8 Å². The lowest BCUT2D eigenvalue weighted by atomic mass is 10.0. The average molecular weight is 288 g/mol. The quantitative estimate of drug-likeness (QED) is 0.869. The second-order valence-electron chi connectivity index (χ2n) is 4.32. The number of hydrogen-bond acceptors (Lipinski definition) is 4. The van der Waals surface area contributed by atoms with Gasteiger partial charge in [0.2, 0.25) is 0 Å². The summed E-state index contributed by atoms with van der Waals surface area (Å²) in [5.74, 6) is 0. The Morgan fingerprint density at radius 2 is 2.05 bits per heavy atom. The van der Waals surface area contributed by atoms with Crippen molar-refractivity contribution >= 4 is 5.69 Å². The fourth-order valence-corrected chi connectivity index (χ4v) is 1.86. The van der Waals surface area contributed by atoms with Crippen molar-refractivity contribution in [3.63, 3.8) is 0 Å². The van der Waals surface area contributed by atoms with Crippen molar-refractivity contribution in [2.24, 2.45) is 0 Å². The van der Waals surface area contributed by atoms with Crippen LogP contribution in [0.2, 0.25) is 0 Å². The lowest BCUT2D eigenvalue weighted by Gasteiger charge is -2.28. The van der Waals surface area contributed by atoms with E-state index in [0.29, 0.717) is 0 Å². The van der Waals surface area contributed by atoms with E-state index in [1.54, 1.807) is 0 Å². The van der Waals surface area contributed by atoms with Gasteiger partial charge in [0.1, 0.15) is 6.54 Å². The number of aliphatic hydroxyl groups excluding tert-OH is 2. The minimum Gasteiger partial charge on any atom is -0.395 e. The molecule has 0 amide bonds. The maximum atomic E-state index is 12.6. The minimum absolute atomic E-state index is 0.102. The molecule has 0 saturated carbocycles. The summed E-state index contributed by atoms with van der Waals surface area (Å²) in [7, 11) is 0. The van der Waals surface area contributed by atoms with E-state index >= 15 is 0 Å². The fraction of sp³-hybridized carbons (Fsp3) is 0.462. The molecule has 0 aliphatic heterocycles. The molecule has 1 rings (SSSR count). The van der Waals surface area contributed by atoms with Gasteiger partial charge in [-0.25, -0.2) is 0 Å². The number of hydrogen-bond donors (Lipinski definition) is 2. The van der Waals surface area contributed by atoms with Crippen LogP contribution in [0.25, 0.3) is 0 Å². The summed E-state index contributed by atoms with van der Waals surface area (Å²) in [5, 5.41) is 27.4. The van der Waals surface area contributed by atoms with Crippen molar-refractivity contribution < 1.29 is 23.4 Å². The first-order chi connectivity index (χ1) is 9.28. The third kappa shape index (κ3) is 4.40.